The highest BCUT2D eigenvalue weighted by atomic mass is 16.3. The van der Waals surface area contributed by atoms with Gasteiger partial charge in [0.15, 0.2) is 5.65 Å². The summed E-state index contributed by atoms with van der Waals surface area (Å²) < 4.78 is 1.86. The minimum atomic E-state index is 0.324. The fourth-order valence-corrected chi connectivity index (χ4v) is 3.85. The summed E-state index contributed by atoms with van der Waals surface area (Å²) in [5, 5.41) is 15.6. The van der Waals surface area contributed by atoms with E-state index in [1.165, 1.54) is 5.56 Å². The van der Waals surface area contributed by atoms with Crippen LogP contribution in [0, 0.1) is 6.92 Å². The third-order valence-corrected chi connectivity index (χ3v) is 5.42. The molecule has 1 aliphatic heterocycles. The summed E-state index contributed by atoms with van der Waals surface area (Å²) >= 11 is 0. The van der Waals surface area contributed by atoms with E-state index in [9.17, 15) is 5.11 Å². The molecule has 2 aromatic carbocycles. The van der Waals surface area contributed by atoms with Crippen LogP contribution in [0.1, 0.15) is 5.56 Å². The van der Waals surface area contributed by atoms with Crippen LogP contribution in [0.15, 0.2) is 61.1 Å². The number of benzene rings is 2. The van der Waals surface area contributed by atoms with Gasteiger partial charge >= 0.3 is 0 Å². The third-order valence-electron chi connectivity index (χ3n) is 5.42. The molecule has 0 radical (unpaired) electrons. The first-order valence-corrected chi connectivity index (χ1v) is 9.74. The predicted molar refractivity (Wildman–Crippen MR) is 114 cm³/mol. The largest absolute Gasteiger partial charge is 0.506 e. The van der Waals surface area contributed by atoms with Crippen LogP contribution in [-0.2, 0) is 0 Å². The van der Waals surface area contributed by atoms with Crippen molar-refractivity contribution in [1.29, 1.82) is 0 Å². The highest BCUT2D eigenvalue weighted by Gasteiger charge is 2.22. The van der Waals surface area contributed by atoms with Crippen LogP contribution < -0.4 is 9.80 Å². The molecular weight excluding hydrogens is 364 g/mol. The molecule has 0 spiro atoms. The first kappa shape index (κ1) is 17.5. The molecule has 1 N–H and O–H groups in total. The molecule has 1 fully saturated rings. The average molecular weight is 386 g/mol. The molecule has 0 aliphatic carbocycles. The van der Waals surface area contributed by atoms with Gasteiger partial charge in [0.05, 0.1) is 23.0 Å². The third kappa shape index (κ3) is 3.14. The zero-order chi connectivity index (χ0) is 19.8. The number of nitrogens with zero attached hydrogens (tertiary/aromatic N) is 6. The van der Waals surface area contributed by atoms with Gasteiger partial charge in [-0.25, -0.2) is 14.6 Å². The van der Waals surface area contributed by atoms with Crippen LogP contribution >= 0.6 is 0 Å². The lowest BCUT2D eigenvalue weighted by atomic mass is 10.2. The Morgan fingerprint density at radius 3 is 2.34 bits per heavy atom. The lowest BCUT2D eigenvalue weighted by molar-refractivity contribution is 0.472. The Morgan fingerprint density at radius 1 is 0.862 bits per heavy atom. The van der Waals surface area contributed by atoms with Gasteiger partial charge in [-0.05, 0) is 31.2 Å². The van der Waals surface area contributed by atoms with Gasteiger partial charge in [0, 0.05) is 26.2 Å². The second kappa shape index (κ2) is 7.09. The van der Waals surface area contributed by atoms with E-state index in [1.807, 2.05) is 29.1 Å². The molecular formula is C22H22N6O. The first-order valence-electron chi connectivity index (χ1n) is 9.74. The van der Waals surface area contributed by atoms with Crippen LogP contribution in [0.25, 0.3) is 16.7 Å². The fraction of sp³-hybridized carbons (Fsp3) is 0.227. The maximum atomic E-state index is 10.1. The Hall–Kier alpha value is -3.61. The van der Waals surface area contributed by atoms with Crippen LogP contribution in [-0.4, -0.2) is 51.0 Å². The number of phenolic OH excluding ortho intramolecular Hbond substituents is 1. The van der Waals surface area contributed by atoms with E-state index in [4.69, 9.17) is 0 Å². The van der Waals surface area contributed by atoms with Crippen molar-refractivity contribution in [3.8, 4) is 11.4 Å². The van der Waals surface area contributed by atoms with Crippen LogP contribution in [0.3, 0.4) is 0 Å². The molecule has 29 heavy (non-hydrogen) atoms. The van der Waals surface area contributed by atoms with E-state index < -0.39 is 0 Å². The minimum absolute atomic E-state index is 0.324. The molecule has 0 saturated carbocycles. The number of hydrogen-bond donors (Lipinski definition) is 1. The van der Waals surface area contributed by atoms with Gasteiger partial charge in [0.1, 0.15) is 17.9 Å². The number of aryl methyl sites for hydroxylation is 1. The Labute approximate surface area is 168 Å². The van der Waals surface area contributed by atoms with E-state index >= 15 is 0 Å². The van der Waals surface area contributed by atoms with Gasteiger partial charge in [0.2, 0.25) is 0 Å². The molecule has 2 aromatic heterocycles. The van der Waals surface area contributed by atoms with Gasteiger partial charge in [-0.2, -0.15) is 5.10 Å². The number of aromatic hydroxyl groups is 1. The predicted octanol–water partition coefficient (Wildman–Crippen LogP) is 3.16. The molecule has 4 aromatic rings. The maximum absolute atomic E-state index is 10.1. The van der Waals surface area contributed by atoms with Crippen molar-refractivity contribution in [1.82, 2.24) is 19.7 Å². The van der Waals surface area contributed by atoms with E-state index in [2.05, 4.69) is 56.1 Å². The van der Waals surface area contributed by atoms with Gasteiger partial charge in [-0.15, -0.1) is 0 Å². The molecule has 1 saturated heterocycles. The molecule has 5 rings (SSSR count). The lowest BCUT2D eigenvalue weighted by Gasteiger charge is -2.37. The topological polar surface area (TPSA) is 70.3 Å². The number of para-hydroxylation sites is 2. The lowest BCUT2D eigenvalue weighted by Crippen LogP contribution is -2.46. The fourth-order valence-electron chi connectivity index (χ4n) is 3.85. The normalized spacial score (nSPS) is 14.5. The number of rotatable bonds is 3. The molecule has 146 valence electrons. The quantitative estimate of drug-likeness (QED) is 0.583. The summed E-state index contributed by atoms with van der Waals surface area (Å²) in [6.07, 6.45) is 3.46. The zero-order valence-electron chi connectivity index (χ0n) is 16.2. The monoisotopic (exact) mass is 386 g/mol. The molecule has 7 heteroatoms. The number of anilines is 2. The van der Waals surface area contributed by atoms with E-state index in [0.29, 0.717) is 5.75 Å². The number of phenols is 1. The summed E-state index contributed by atoms with van der Waals surface area (Å²) in [5.41, 5.74) is 3.89. The van der Waals surface area contributed by atoms with Gasteiger partial charge < -0.3 is 14.9 Å². The molecule has 7 nitrogen and oxygen atoms in total. The Kier molecular flexibility index (Phi) is 4.27. The van der Waals surface area contributed by atoms with Gasteiger partial charge in [-0.1, -0.05) is 29.8 Å². The van der Waals surface area contributed by atoms with Crippen molar-refractivity contribution >= 4 is 22.5 Å². The second-order valence-electron chi connectivity index (χ2n) is 7.29. The minimum Gasteiger partial charge on any atom is -0.506 e. The number of hydrogen-bond acceptors (Lipinski definition) is 6. The summed E-state index contributed by atoms with van der Waals surface area (Å²) in [7, 11) is 0. The highest BCUT2D eigenvalue weighted by Crippen LogP contribution is 2.30. The van der Waals surface area contributed by atoms with Crippen molar-refractivity contribution in [3.05, 3.63) is 66.6 Å². The maximum Gasteiger partial charge on any atom is 0.168 e. The van der Waals surface area contributed by atoms with E-state index in [-0.39, 0.29) is 0 Å². The van der Waals surface area contributed by atoms with Crippen molar-refractivity contribution < 1.29 is 5.11 Å². The van der Waals surface area contributed by atoms with Crippen molar-refractivity contribution in [2.45, 2.75) is 6.92 Å². The summed E-state index contributed by atoms with van der Waals surface area (Å²) in [6.45, 7) is 5.33. The number of aromatic nitrogens is 4. The standard InChI is InChI=1S/C22H22N6O/c1-16-6-8-17(9-7-16)28-22-18(14-25-28)21(23-15-24-22)27-12-10-26(11-13-27)19-4-2-3-5-20(19)29/h2-9,14-15,29H,10-13H2,1H3. The molecule has 0 amide bonds. The first-order chi connectivity index (χ1) is 14.2. The Morgan fingerprint density at radius 2 is 1.59 bits per heavy atom. The Bertz CT molecular complexity index is 1150. The Balaban J connectivity index is 1.42. The van der Waals surface area contributed by atoms with Gasteiger partial charge in [-0.3, -0.25) is 0 Å². The van der Waals surface area contributed by atoms with Crippen molar-refractivity contribution in [3.63, 3.8) is 0 Å². The molecule has 1 aliphatic rings. The zero-order valence-corrected chi connectivity index (χ0v) is 16.2. The summed E-state index contributed by atoms with van der Waals surface area (Å²) in [6, 6.07) is 15.7. The SMILES string of the molecule is Cc1ccc(-n2ncc3c(N4CCN(c5ccccc5O)CC4)ncnc32)cc1. The number of piperazine rings is 1. The molecule has 0 unspecified atom stereocenters. The average Bonchev–Trinajstić information content (AvgIpc) is 3.19. The molecule has 0 bridgehead atoms. The van der Waals surface area contributed by atoms with E-state index in [0.717, 1.165) is 54.4 Å². The summed E-state index contributed by atoms with van der Waals surface area (Å²) in [5.74, 6) is 1.23. The highest BCUT2D eigenvalue weighted by molar-refractivity contribution is 5.87. The van der Waals surface area contributed by atoms with E-state index in [1.54, 1.807) is 12.4 Å². The van der Waals surface area contributed by atoms with Gasteiger partial charge in [0.25, 0.3) is 0 Å². The van der Waals surface area contributed by atoms with Crippen molar-refractivity contribution in [2.75, 3.05) is 36.0 Å². The number of fused-ring (bicyclic) bond motifs is 1. The molecule has 0 atom stereocenters. The van der Waals surface area contributed by atoms with Crippen molar-refractivity contribution in [2.24, 2.45) is 0 Å². The van der Waals surface area contributed by atoms with Crippen LogP contribution in [0.2, 0.25) is 0 Å². The molecule has 3 heterocycles. The second-order valence-corrected chi connectivity index (χ2v) is 7.29. The van der Waals surface area contributed by atoms with Crippen LogP contribution in [0.4, 0.5) is 11.5 Å². The summed E-state index contributed by atoms with van der Waals surface area (Å²) in [4.78, 5) is 13.5. The van der Waals surface area contributed by atoms with Crippen LogP contribution in [0.5, 0.6) is 5.75 Å². The smallest absolute Gasteiger partial charge is 0.168 e.